The Morgan fingerprint density at radius 2 is 1.44 bits per heavy atom. The van der Waals surface area contributed by atoms with Gasteiger partial charge in [-0.1, -0.05) is 76.9 Å². The summed E-state index contributed by atoms with van der Waals surface area (Å²) >= 11 is 12.2. The summed E-state index contributed by atoms with van der Waals surface area (Å²) in [6.07, 6.45) is 0. The number of halogens is 2. The van der Waals surface area contributed by atoms with Crippen molar-refractivity contribution in [3.63, 3.8) is 0 Å². The molecule has 0 bridgehead atoms. The summed E-state index contributed by atoms with van der Waals surface area (Å²) in [6, 6.07) is 9.09. The molecule has 134 valence electrons. The third-order valence-corrected chi connectivity index (χ3v) is 4.77. The van der Waals surface area contributed by atoms with Crippen LogP contribution < -0.4 is 0 Å². The van der Waals surface area contributed by atoms with Gasteiger partial charge in [0.15, 0.2) is 0 Å². The van der Waals surface area contributed by atoms with E-state index in [0.29, 0.717) is 21.4 Å². The molecule has 0 spiro atoms. The van der Waals surface area contributed by atoms with Crippen molar-refractivity contribution >= 4 is 34.6 Å². The lowest BCUT2D eigenvalue weighted by atomic mass is 9.80. The molecule has 0 unspecified atom stereocenters. The zero-order valence-corrected chi connectivity index (χ0v) is 17.0. The fraction of sp³-hybridized carbons (Fsp3) is 0.400. The van der Waals surface area contributed by atoms with E-state index in [9.17, 15) is 5.11 Å². The number of hydrogen-bond donors (Lipinski definition) is 1. The predicted octanol–water partition coefficient (Wildman–Crippen LogP) is 7.71. The van der Waals surface area contributed by atoms with E-state index in [2.05, 4.69) is 51.8 Å². The van der Waals surface area contributed by atoms with Crippen LogP contribution in [0.4, 0.5) is 11.4 Å². The summed E-state index contributed by atoms with van der Waals surface area (Å²) in [5.74, 6) is 0.141. The van der Waals surface area contributed by atoms with Crippen LogP contribution in [0.2, 0.25) is 10.0 Å². The Bertz CT molecular complexity index is 816. The number of phenols is 1. The normalized spacial score (nSPS) is 12.8. The molecule has 0 aromatic heterocycles. The molecule has 0 aliphatic heterocycles. The summed E-state index contributed by atoms with van der Waals surface area (Å²) < 4.78 is 0. The summed E-state index contributed by atoms with van der Waals surface area (Å²) in [5.41, 5.74) is 2.52. The van der Waals surface area contributed by atoms with Crippen molar-refractivity contribution in [3.05, 3.63) is 51.5 Å². The molecule has 3 nitrogen and oxygen atoms in total. The highest BCUT2D eigenvalue weighted by atomic mass is 35.5. The molecular weight excluding hydrogens is 355 g/mol. The summed E-state index contributed by atoms with van der Waals surface area (Å²) in [5, 5.41) is 19.9. The molecule has 0 atom stereocenters. The van der Waals surface area contributed by atoms with Crippen molar-refractivity contribution in [3.8, 4) is 5.75 Å². The molecule has 2 aromatic rings. The third-order valence-electron chi connectivity index (χ3n) is 3.96. The fourth-order valence-corrected chi connectivity index (χ4v) is 2.71. The Hall–Kier alpha value is -1.58. The van der Waals surface area contributed by atoms with E-state index in [1.54, 1.807) is 18.2 Å². The third kappa shape index (κ3) is 4.53. The van der Waals surface area contributed by atoms with Crippen molar-refractivity contribution in [2.24, 2.45) is 10.2 Å². The van der Waals surface area contributed by atoms with Crippen molar-refractivity contribution in [2.45, 2.75) is 52.4 Å². The van der Waals surface area contributed by atoms with Gasteiger partial charge in [0, 0.05) is 5.56 Å². The molecule has 0 radical (unpaired) electrons. The summed E-state index contributed by atoms with van der Waals surface area (Å²) in [6.45, 7) is 12.6. The Kier molecular flexibility index (Phi) is 5.50. The molecule has 0 aliphatic rings. The minimum atomic E-state index is -0.219. The van der Waals surface area contributed by atoms with E-state index in [-0.39, 0.29) is 16.6 Å². The lowest BCUT2D eigenvalue weighted by molar-refractivity contribution is 0.446. The molecule has 1 N–H and O–H groups in total. The number of nitrogens with zero attached hydrogens (tertiary/aromatic N) is 2. The second-order valence-corrected chi connectivity index (χ2v) is 8.95. The molecule has 5 heteroatoms. The molecule has 2 rings (SSSR count). The van der Waals surface area contributed by atoms with Gasteiger partial charge in [-0.15, -0.1) is 10.2 Å². The molecule has 0 amide bonds. The standard InChI is InChI=1S/C20H24Cl2N2O/c1-19(2,3)12-10-13(20(4,5)6)18(25)16(11-12)24-23-15-9-7-8-14(21)17(15)22/h7-11,25H,1-6H3. The lowest BCUT2D eigenvalue weighted by Gasteiger charge is -2.26. The van der Waals surface area contributed by atoms with E-state index in [1.807, 2.05) is 12.1 Å². The van der Waals surface area contributed by atoms with Gasteiger partial charge in [0.05, 0.1) is 10.0 Å². The SMILES string of the molecule is CC(C)(C)c1cc(N=Nc2cccc(Cl)c2Cl)c(O)c(C(C)(C)C)c1. The van der Waals surface area contributed by atoms with Crippen molar-refractivity contribution in [2.75, 3.05) is 0 Å². The first kappa shape index (κ1) is 19.7. The van der Waals surface area contributed by atoms with Gasteiger partial charge in [0.2, 0.25) is 0 Å². The van der Waals surface area contributed by atoms with Crippen LogP contribution in [0.1, 0.15) is 52.7 Å². The lowest BCUT2D eigenvalue weighted by Crippen LogP contribution is -2.16. The average Bonchev–Trinajstić information content (AvgIpc) is 2.47. The first-order valence-electron chi connectivity index (χ1n) is 8.15. The Morgan fingerprint density at radius 3 is 2.00 bits per heavy atom. The van der Waals surface area contributed by atoms with E-state index in [0.717, 1.165) is 11.1 Å². The quantitative estimate of drug-likeness (QED) is 0.534. The van der Waals surface area contributed by atoms with Crippen LogP contribution in [-0.2, 0) is 10.8 Å². The molecular formula is C20H24Cl2N2O. The van der Waals surface area contributed by atoms with Crippen LogP contribution >= 0.6 is 23.2 Å². The fourth-order valence-electron chi connectivity index (χ4n) is 2.38. The highest BCUT2D eigenvalue weighted by Gasteiger charge is 2.25. The van der Waals surface area contributed by atoms with Crippen LogP contribution in [0, 0.1) is 0 Å². The van der Waals surface area contributed by atoms with Gasteiger partial charge in [0.1, 0.15) is 17.1 Å². The zero-order chi connectivity index (χ0) is 19.0. The second kappa shape index (κ2) is 6.97. The minimum absolute atomic E-state index is 0.0777. The number of rotatable bonds is 2. The number of azo groups is 1. The number of hydrogen-bond acceptors (Lipinski definition) is 3. The van der Waals surface area contributed by atoms with E-state index in [1.165, 1.54) is 0 Å². The molecule has 2 aromatic carbocycles. The van der Waals surface area contributed by atoms with Crippen LogP contribution in [0.3, 0.4) is 0 Å². The summed E-state index contributed by atoms with van der Waals surface area (Å²) in [4.78, 5) is 0. The van der Waals surface area contributed by atoms with Gasteiger partial charge in [-0.3, -0.25) is 0 Å². The molecule has 0 saturated carbocycles. The Balaban J connectivity index is 2.60. The van der Waals surface area contributed by atoms with Crippen LogP contribution in [0.25, 0.3) is 0 Å². The average molecular weight is 379 g/mol. The molecule has 0 aliphatic carbocycles. The first-order chi connectivity index (χ1) is 11.4. The number of aromatic hydroxyl groups is 1. The molecule has 0 fully saturated rings. The van der Waals surface area contributed by atoms with Crippen LogP contribution in [0.15, 0.2) is 40.6 Å². The molecule has 25 heavy (non-hydrogen) atoms. The molecule has 0 heterocycles. The van der Waals surface area contributed by atoms with Gasteiger partial charge in [-0.2, -0.15) is 0 Å². The Labute approximate surface area is 159 Å². The minimum Gasteiger partial charge on any atom is -0.505 e. The maximum atomic E-state index is 10.7. The first-order valence-corrected chi connectivity index (χ1v) is 8.90. The van der Waals surface area contributed by atoms with E-state index >= 15 is 0 Å². The van der Waals surface area contributed by atoms with Gasteiger partial charge in [0.25, 0.3) is 0 Å². The Morgan fingerprint density at radius 1 is 0.840 bits per heavy atom. The zero-order valence-electron chi connectivity index (χ0n) is 15.5. The van der Waals surface area contributed by atoms with Crippen LogP contribution in [0.5, 0.6) is 5.75 Å². The van der Waals surface area contributed by atoms with Gasteiger partial charge in [-0.25, -0.2) is 0 Å². The maximum Gasteiger partial charge on any atom is 0.146 e. The second-order valence-electron chi connectivity index (χ2n) is 8.16. The summed E-state index contributed by atoms with van der Waals surface area (Å²) in [7, 11) is 0. The highest BCUT2D eigenvalue weighted by Crippen LogP contribution is 2.42. The number of phenolic OH excluding ortho intramolecular Hbond substituents is 1. The van der Waals surface area contributed by atoms with Gasteiger partial charge >= 0.3 is 0 Å². The van der Waals surface area contributed by atoms with Crippen molar-refractivity contribution < 1.29 is 5.11 Å². The van der Waals surface area contributed by atoms with Crippen LogP contribution in [-0.4, -0.2) is 5.11 Å². The monoisotopic (exact) mass is 378 g/mol. The van der Waals surface area contributed by atoms with Crippen molar-refractivity contribution in [1.82, 2.24) is 0 Å². The predicted molar refractivity (Wildman–Crippen MR) is 106 cm³/mol. The van der Waals surface area contributed by atoms with Gasteiger partial charge in [-0.05, 0) is 34.6 Å². The topological polar surface area (TPSA) is 45.0 Å². The number of benzene rings is 2. The van der Waals surface area contributed by atoms with Crippen molar-refractivity contribution in [1.29, 1.82) is 0 Å². The highest BCUT2D eigenvalue weighted by molar-refractivity contribution is 6.43. The van der Waals surface area contributed by atoms with E-state index < -0.39 is 0 Å². The van der Waals surface area contributed by atoms with E-state index in [4.69, 9.17) is 23.2 Å². The largest absolute Gasteiger partial charge is 0.505 e. The smallest absolute Gasteiger partial charge is 0.146 e. The molecule has 0 saturated heterocycles. The van der Waals surface area contributed by atoms with Gasteiger partial charge < -0.3 is 5.11 Å². The maximum absolute atomic E-state index is 10.7.